The van der Waals surface area contributed by atoms with Crippen LogP contribution in [0.3, 0.4) is 0 Å². The van der Waals surface area contributed by atoms with Crippen molar-refractivity contribution in [2.75, 3.05) is 26.4 Å². The molecule has 0 heterocycles. The van der Waals surface area contributed by atoms with Gasteiger partial charge in [0.05, 0.1) is 26.4 Å². The van der Waals surface area contributed by atoms with E-state index in [-0.39, 0.29) is 26.4 Å². The van der Waals surface area contributed by atoms with Crippen LogP contribution < -0.4 is 0 Å². The van der Waals surface area contributed by atoms with Crippen LogP contribution in [0.4, 0.5) is 4.79 Å². The van der Waals surface area contributed by atoms with Gasteiger partial charge in [-0.05, 0) is 60.1 Å². The summed E-state index contributed by atoms with van der Waals surface area (Å²) in [5.74, 6) is 0. The molecule has 0 bridgehead atoms. The summed E-state index contributed by atoms with van der Waals surface area (Å²) in [6.45, 7) is 10.2. The molecule has 0 fully saturated rings. The van der Waals surface area contributed by atoms with Gasteiger partial charge >= 0.3 is 26.4 Å². The van der Waals surface area contributed by atoms with E-state index < -0.39 is 50.1 Å². The molecule has 0 aromatic heterocycles. The molecule has 0 aromatic rings. The summed E-state index contributed by atoms with van der Waals surface area (Å²) in [7, 11) is -9.13. The molecule has 178 valence electrons. The summed E-state index contributed by atoms with van der Waals surface area (Å²) in [5.41, 5.74) is -0.993. The lowest BCUT2D eigenvalue weighted by atomic mass is 10.2. The Morgan fingerprint density at radius 3 is 1.40 bits per heavy atom. The van der Waals surface area contributed by atoms with Crippen molar-refractivity contribution >= 4 is 38.2 Å². The van der Waals surface area contributed by atoms with Crippen molar-refractivity contribution < 1.29 is 46.3 Å². The lowest BCUT2D eigenvalue weighted by Crippen LogP contribution is -2.40. The van der Waals surface area contributed by atoms with E-state index in [0.717, 1.165) is 0 Å². The third-order valence-electron chi connectivity index (χ3n) is 3.34. The minimum atomic E-state index is -4.56. The van der Waals surface area contributed by atoms with Gasteiger partial charge in [0.15, 0.2) is 0 Å². The topological polar surface area (TPSA) is 124 Å². The Bertz CT molecular complexity index is 611. The standard InChI is InChI=1S/C17H33ClO10P2/c1-8-23-29(21,24-9-2)17(13-12-14(18)19,28-15(20)27-16(5,6)7)30(22,25-10-3)26-11-4/h8-13H2,1-7H3. The van der Waals surface area contributed by atoms with Gasteiger partial charge in [-0.3, -0.25) is 13.9 Å². The molecule has 0 rings (SSSR count). The Kier molecular flexibility index (Phi) is 12.3. The van der Waals surface area contributed by atoms with Gasteiger partial charge in [-0.25, -0.2) is 4.79 Å². The fourth-order valence-corrected chi connectivity index (χ4v) is 7.86. The van der Waals surface area contributed by atoms with Crippen LogP contribution >= 0.6 is 26.8 Å². The van der Waals surface area contributed by atoms with E-state index >= 15 is 0 Å². The van der Waals surface area contributed by atoms with Gasteiger partial charge in [-0.15, -0.1) is 0 Å². The molecule has 0 N–H and O–H groups in total. The Hall–Kier alpha value is -0.470. The van der Waals surface area contributed by atoms with Crippen molar-refractivity contribution in [2.45, 2.75) is 72.0 Å². The summed E-state index contributed by atoms with van der Waals surface area (Å²) >= 11 is 5.48. The van der Waals surface area contributed by atoms with Crippen LogP contribution in [0.15, 0.2) is 0 Å². The van der Waals surface area contributed by atoms with Gasteiger partial charge in [0.1, 0.15) is 5.60 Å². The van der Waals surface area contributed by atoms with Gasteiger partial charge < -0.3 is 27.6 Å². The number of carbonyl (C=O) groups is 2. The quantitative estimate of drug-likeness (QED) is 0.169. The first-order valence-electron chi connectivity index (χ1n) is 9.65. The first-order chi connectivity index (χ1) is 13.8. The number of halogens is 1. The Balaban J connectivity index is 6.87. The lowest BCUT2D eigenvalue weighted by Gasteiger charge is -2.41. The van der Waals surface area contributed by atoms with Crippen molar-refractivity contribution in [3.05, 3.63) is 0 Å². The second-order valence-electron chi connectivity index (χ2n) is 6.83. The molecule has 0 aliphatic heterocycles. The summed E-state index contributed by atoms with van der Waals surface area (Å²) in [6, 6.07) is 0. The minimum absolute atomic E-state index is 0.149. The molecule has 0 saturated heterocycles. The summed E-state index contributed by atoms with van der Waals surface area (Å²) in [4.78, 5) is 24.1. The smallest absolute Gasteiger partial charge is 0.429 e. The molecular weight excluding hydrogens is 462 g/mol. The lowest BCUT2D eigenvalue weighted by molar-refractivity contribution is -0.112. The highest BCUT2D eigenvalue weighted by Gasteiger charge is 2.69. The first kappa shape index (κ1) is 29.5. The molecule has 0 aromatic carbocycles. The largest absolute Gasteiger partial charge is 0.510 e. The van der Waals surface area contributed by atoms with Crippen LogP contribution in [-0.4, -0.2) is 48.5 Å². The van der Waals surface area contributed by atoms with Gasteiger partial charge in [0, 0.05) is 12.8 Å². The van der Waals surface area contributed by atoms with Crippen LogP contribution in [0.2, 0.25) is 0 Å². The molecule has 13 heteroatoms. The fourth-order valence-electron chi connectivity index (χ4n) is 2.41. The van der Waals surface area contributed by atoms with E-state index in [9.17, 15) is 18.7 Å². The van der Waals surface area contributed by atoms with Crippen LogP contribution in [0, 0.1) is 0 Å². The second kappa shape index (κ2) is 12.5. The zero-order chi connectivity index (χ0) is 23.6. The summed E-state index contributed by atoms with van der Waals surface area (Å²) in [6.07, 6.45) is -2.41. The van der Waals surface area contributed by atoms with Crippen LogP contribution in [0.1, 0.15) is 61.3 Å². The van der Waals surface area contributed by atoms with Crippen LogP contribution in [-0.2, 0) is 41.5 Å². The number of carbonyl (C=O) groups excluding carboxylic acids is 2. The maximum Gasteiger partial charge on any atom is 0.510 e. The monoisotopic (exact) mass is 494 g/mol. The fraction of sp³-hybridized carbons (Fsp3) is 0.882. The Morgan fingerprint density at radius 1 is 0.767 bits per heavy atom. The number of ether oxygens (including phenoxy) is 2. The average molecular weight is 495 g/mol. The van der Waals surface area contributed by atoms with Crippen molar-refractivity contribution in [1.29, 1.82) is 0 Å². The minimum Gasteiger partial charge on any atom is -0.429 e. The van der Waals surface area contributed by atoms with Gasteiger partial charge in [-0.2, -0.15) is 0 Å². The molecular formula is C17H33ClO10P2. The maximum atomic E-state index is 13.9. The molecule has 0 radical (unpaired) electrons. The Morgan fingerprint density at radius 2 is 1.13 bits per heavy atom. The van der Waals surface area contributed by atoms with Gasteiger partial charge in [0.2, 0.25) is 5.24 Å². The highest BCUT2D eigenvalue weighted by molar-refractivity contribution is 7.74. The molecule has 30 heavy (non-hydrogen) atoms. The average Bonchev–Trinajstić information content (AvgIpc) is 2.57. The van der Waals surface area contributed by atoms with Gasteiger partial charge in [0.25, 0.3) is 0 Å². The van der Waals surface area contributed by atoms with Crippen molar-refractivity contribution in [2.24, 2.45) is 0 Å². The maximum absolute atomic E-state index is 13.9. The predicted octanol–water partition coefficient (Wildman–Crippen LogP) is 5.67. The SMILES string of the molecule is CCOP(=O)(OCC)C(CCC(=O)Cl)(OC(=O)OC(C)(C)C)P(=O)(OCC)OCC. The number of hydrogen-bond acceptors (Lipinski definition) is 10. The number of rotatable bonds is 14. The zero-order valence-corrected chi connectivity index (χ0v) is 21.1. The van der Waals surface area contributed by atoms with Crippen molar-refractivity contribution in [3.63, 3.8) is 0 Å². The van der Waals surface area contributed by atoms with Crippen molar-refractivity contribution in [3.8, 4) is 0 Å². The first-order valence-corrected chi connectivity index (χ1v) is 13.1. The van der Waals surface area contributed by atoms with E-state index in [4.69, 9.17) is 39.2 Å². The molecule has 0 aliphatic rings. The summed E-state index contributed by atoms with van der Waals surface area (Å²) < 4.78 is 59.7. The second-order valence-corrected chi connectivity index (χ2v) is 12.1. The third kappa shape index (κ3) is 7.90. The van der Waals surface area contributed by atoms with Gasteiger partial charge in [-0.1, -0.05) is 0 Å². The predicted molar refractivity (Wildman–Crippen MR) is 112 cm³/mol. The number of hydrogen-bond donors (Lipinski definition) is 0. The molecule has 0 atom stereocenters. The van der Waals surface area contributed by atoms with Crippen LogP contribution in [0.5, 0.6) is 0 Å². The van der Waals surface area contributed by atoms with E-state index in [2.05, 4.69) is 0 Å². The highest BCUT2D eigenvalue weighted by atomic mass is 35.5. The molecule has 0 spiro atoms. The van der Waals surface area contributed by atoms with E-state index in [1.165, 1.54) is 27.7 Å². The molecule has 0 amide bonds. The highest BCUT2D eigenvalue weighted by Crippen LogP contribution is 2.79. The molecule has 0 aliphatic carbocycles. The van der Waals surface area contributed by atoms with E-state index in [0.29, 0.717) is 0 Å². The van der Waals surface area contributed by atoms with Crippen LogP contribution in [0.25, 0.3) is 0 Å². The molecule has 0 unspecified atom stereocenters. The normalized spacial score (nSPS) is 13.2. The third-order valence-corrected chi connectivity index (χ3v) is 9.73. The van der Waals surface area contributed by atoms with E-state index in [1.807, 2.05) is 0 Å². The molecule has 0 saturated carbocycles. The Labute approximate surface area is 183 Å². The zero-order valence-electron chi connectivity index (χ0n) is 18.6. The summed E-state index contributed by atoms with van der Waals surface area (Å²) in [5, 5.41) is -3.48. The van der Waals surface area contributed by atoms with Crippen molar-refractivity contribution in [1.82, 2.24) is 0 Å². The van der Waals surface area contributed by atoms with E-state index in [1.54, 1.807) is 20.8 Å². The molecule has 10 nitrogen and oxygen atoms in total.